The molecule has 0 aromatic rings. The third-order valence-electron chi connectivity index (χ3n) is 1.47. The summed E-state index contributed by atoms with van der Waals surface area (Å²) in [5.41, 5.74) is 1.71. The molecular formula is C10H16O2. The number of allylic oxidation sites excluding steroid dienone is 2. The molecule has 0 aromatic carbocycles. The summed E-state index contributed by atoms with van der Waals surface area (Å²) in [6, 6.07) is 0. The molecule has 0 saturated carbocycles. The molecule has 0 N–H and O–H groups in total. The van der Waals surface area contributed by atoms with E-state index in [1.54, 1.807) is 13.0 Å². The summed E-state index contributed by atoms with van der Waals surface area (Å²) in [7, 11) is 0. The molecule has 12 heavy (non-hydrogen) atoms. The van der Waals surface area contributed by atoms with Crippen molar-refractivity contribution in [2.45, 2.75) is 27.2 Å². The van der Waals surface area contributed by atoms with E-state index in [0.717, 1.165) is 5.57 Å². The minimum Gasteiger partial charge on any atom is -0.463 e. The fourth-order valence-electron chi connectivity index (χ4n) is 0.854. The Labute approximate surface area is 73.9 Å². The number of hydrogen-bond acceptors (Lipinski definition) is 2. The van der Waals surface area contributed by atoms with Crippen LogP contribution in [-0.4, -0.2) is 12.6 Å². The van der Waals surface area contributed by atoms with Crippen LogP contribution >= 0.6 is 0 Å². The van der Waals surface area contributed by atoms with Gasteiger partial charge in [-0.25, -0.2) is 4.79 Å². The molecule has 0 amide bonds. The maximum Gasteiger partial charge on any atom is 0.334 e. The quantitative estimate of drug-likeness (QED) is 0.366. The fraction of sp³-hybridized carbons (Fsp3) is 0.500. The van der Waals surface area contributed by atoms with Gasteiger partial charge in [-0.15, -0.1) is 6.58 Å². The van der Waals surface area contributed by atoms with Crippen LogP contribution < -0.4 is 0 Å². The van der Waals surface area contributed by atoms with E-state index in [1.807, 2.05) is 13.8 Å². The van der Waals surface area contributed by atoms with E-state index < -0.39 is 0 Å². The second kappa shape index (κ2) is 5.58. The summed E-state index contributed by atoms with van der Waals surface area (Å²) >= 11 is 0. The average Bonchev–Trinajstić information content (AvgIpc) is 1.99. The van der Waals surface area contributed by atoms with Crippen LogP contribution in [-0.2, 0) is 9.53 Å². The van der Waals surface area contributed by atoms with Crippen LogP contribution in [0.3, 0.4) is 0 Å². The molecule has 68 valence electrons. The lowest BCUT2D eigenvalue weighted by molar-refractivity contribution is -0.138. The molecule has 2 nitrogen and oxygen atoms in total. The first-order valence-corrected chi connectivity index (χ1v) is 4.07. The van der Waals surface area contributed by atoms with Gasteiger partial charge in [-0.05, 0) is 27.2 Å². The Kier molecular flexibility index (Phi) is 5.09. The Morgan fingerprint density at radius 1 is 1.50 bits per heavy atom. The highest BCUT2D eigenvalue weighted by Crippen LogP contribution is 2.10. The number of carbonyl (C=O) groups is 1. The van der Waals surface area contributed by atoms with Crippen molar-refractivity contribution in [2.24, 2.45) is 0 Å². The molecule has 0 saturated heterocycles. The average molecular weight is 168 g/mol. The minimum atomic E-state index is -0.225. The smallest absolute Gasteiger partial charge is 0.334 e. The highest BCUT2D eigenvalue weighted by atomic mass is 16.5. The van der Waals surface area contributed by atoms with Crippen LogP contribution in [0.25, 0.3) is 0 Å². The summed E-state index contributed by atoms with van der Waals surface area (Å²) in [6.07, 6.45) is 2.29. The molecule has 0 radical (unpaired) electrons. The van der Waals surface area contributed by atoms with Crippen LogP contribution in [0.5, 0.6) is 0 Å². The molecule has 0 atom stereocenters. The number of ether oxygens (including phenoxy) is 1. The van der Waals surface area contributed by atoms with Gasteiger partial charge in [0, 0.05) is 5.57 Å². The van der Waals surface area contributed by atoms with Gasteiger partial charge in [0.05, 0.1) is 6.61 Å². The van der Waals surface area contributed by atoms with Crippen LogP contribution in [0.2, 0.25) is 0 Å². The zero-order valence-electron chi connectivity index (χ0n) is 8.02. The lowest BCUT2D eigenvalue weighted by Crippen LogP contribution is -2.08. The van der Waals surface area contributed by atoms with Crippen molar-refractivity contribution in [3.05, 3.63) is 23.8 Å². The standard InChI is InChI=1S/C10H16O2/c1-5-7-9(8(3)4)10(11)12-6-2/h5H,1,6-7H2,2-4H3. The van der Waals surface area contributed by atoms with Crippen molar-refractivity contribution >= 4 is 5.97 Å². The first-order chi connectivity index (χ1) is 5.63. The third kappa shape index (κ3) is 3.37. The lowest BCUT2D eigenvalue weighted by Gasteiger charge is -2.05. The molecule has 0 aliphatic carbocycles. The van der Waals surface area contributed by atoms with Gasteiger partial charge in [-0.1, -0.05) is 11.6 Å². The molecule has 0 aliphatic heterocycles. The molecule has 0 spiro atoms. The normalized spacial score (nSPS) is 8.92. The highest BCUT2D eigenvalue weighted by Gasteiger charge is 2.09. The van der Waals surface area contributed by atoms with E-state index in [2.05, 4.69) is 6.58 Å². The Bertz CT molecular complexity index is 198. The van der Waals surface area contributed by atoms with Gasteiger partial charge in [0.2, 0.25) is 0 Å². The van der Waals surface area contributed by atoms with E-state index in [4.69, 9.17) is 4.74 Å². The Morgan fingerprint density at radius 3 is 2.42 bits per heavy atom. The van der Waals surface area contributed by atoms with E-state index in [1.165, 1.54) is 0 Å². The van der Waals surface area contributed by atoms with Crippen molar-refractivity contribution in [3.8, 4) is 0 Å². The monoisotopic (exact) mass is 168 g/mol. The van der Waals surface area contributed by atoms with Gasteiger partial charge in [-0.2, -0.15) is 0 Å². The molecule has 0 fully saturated rings. The number of hydrogen-bond donors (Lipinski definition) is 0. The Morgan fingerprint density at radius 2 is 2.08 bits per heavy atom. The maximum atomic E-state index is 11.2. The molecule has 0 unspecified atom stereocenters. The molecule has 0 bridgehead atoms. The lowest BCUT2D eigenvalue weighted by atomic mass is 10.1. The van der Waals surface area contributed by atoms with E-state index in [9.17, 15) is 4.79 Å². The summed E-state index contributed by atoms with van der Waals surface area (Å²) in [5, 5.41) is 0. The van der Waals surface area contributed by atoms with E-state index >= 15 is 0 Å². The molecule has 2 heteroatoms. The summed E-state index contributed by atoms with van der Waals surface area (Å²) in [4.78, 5) is 11.2. The van der Waals surface area contributed by atoms with Gasteiger partial charge >= 0.3 is 5.97 Å². The summed E-state index contributed by atoms with van der Waals surface area (Å²) in [6.45, 7) is 9.60. The van der Waals surface area contributed by atoms with E-state index in [0.29, 0.717) is 18.6 Å². The topological polar surface area (TPSA) is 26.3 Å². The number of esters is 1. The van der Waals surface area contributed by atoms with Gasteiger partial charge in [-0.3, -0.25) is 0 Å². The van der Waals surface area contributed by atoms with Crippen molar-refractivity contribution < 1.29 is 9.53 Å². The molecule has 0 rings (SSSR count). The fourth-order valence-corrected chi connectivity index (χ4v) is 0.854. The van der Waals surface area contributed by atoms with Gasteiger partial charge in [0.15, 0.2) is 0 Å². The zero-order valence-corrected chi connectivity index (χ0v) is 8.02. The number of carbonyl (C=O) groups excluding carboxylic acids is 1. The van der Waals surface area contributed by atoms with Crippen LogP contribution in [0.4, 0.5) is 0 Å². The van der Waals surface area contributed by atoms with Crippen LogP contribution in [0.15, 0.2) is 23.8 Å². The Hall–Kier alpha value is -1.05. The van der Waals surface area contributed by atoms with E-state index in [-0.39, 0.29) is 5.97 Å². The maximum absolute atomic E-state index is 11.2. The largest absolute Gasteiger partial charge is 0.463 e. The Balaban J connectivity index is 4.42. The van der Waals surface area contributed by atoms with Crippen LogP contribution in [0, 0.1) is 0 Å². The van der Waals surface area contributed by atoms with Crippen molar-refractivity contribution in [3.63, 3.8) is 0 Å². The second-order valence-corrected chi connectivity index (χ2v) is 2.69. The van der Waals surface area contributed by atoms with Crippen LogP contribution in [0.1, 0.15) is 27.2 Å². The third-order valence-corrected chi connectivity index (χ3v) is 1.47. The minimum absolute atomic E-state index is 0.225. The predicted octanol–water partition coefficient (Wildman–Crippen LogP) is 2.46. The first kappa shape index (κ1) is 11.0. The summed E-state index contributed by atoms with van der Waals surface area (Å²) in [5.74, 6) is -0.225. The molecule has 0 aliphatic rings. The zero-order chi connectivity index (χ0) is 9.56. The van der Waals surface area contributed by atoms with Gasteiger partial charge in [0.25, 0.3) is 0 Å². The second-order valence-electron chi connectivity index (χ2n) is 2.69. The molecular weight excluding hydrogens is 152 g/mol. The van der Waals surface area contributed by atoms with Crippen molar-refractivity contribution in [1.29, 1.82) is 0 Å². The SMILES string of the molecule is C=CCC(C(=O)OCC)=C(C)C. The summed E-state index contributed by atoms with van der Waals surface area (Å²) < 4.78 is 4.87. The number of rotatable bonds is 4. The molecule has 0 heterocycles. The highest BCUT2D eigenvalue weighted by molar-refractivity contribution is 5.89. The van der Waals surface area contributed by atoms with Crippen molar-refractivity contribution in [1.82, 2.24) is 0 Å². The van der Waals surface area contributed by atoms with Gasteiger partial charge < -0.3 is 4.74 Å². The first-order valence-electron chi connectivity index (χ1n) is 4.07. The predicted molar refractivity (Wildman–Crippen MR) is 49.8 cm³/mol. The van der Waals surface area contributed by atoms with Crippen molar-refractivity contribution in [2.75, 3.05) is 6.61 Å². The molecule has 0 aromatic heterocycles. The van der Waals surface area contributed by atoms with Gasteiger partial charge in [0.1, 0.15) is 0 Å².